The summed E-state index contributed by atoms with van der Waals surface area (Å²) < 4.78 is 0. The summed E-state index contributed by atoms with van der Waals surface area (Å²) in [7, 11) is 0. The number of nitrogens with zero attached hydrogens (tertiary/aromatic N) is 2. The molecule has 1 amide bonds. The first-order valence-electron chi connectivity index (χ1n) is 7.71. The highest BCUT2D eigenvalue weighted by Gasteiger charge is 2.32. The zero-order valence-electron chi connectivity index (χ0n) is 13.1. The SMILES string of the molecule is Cc1cc(CN)ccc1C(=O)N1CC(c2ccc(C#N)cc2)C1. The van der Waals surface area contributed by atoms with Crippen molar-refractivity contribution in [3.8, 4) is 6.07 Å². The first-order chi connectivity index (χ1) is 11.1. The maximum atomic E-state index is 12.6. The van der Waals surface area contributed by atoms with Gasteiger partial charge in [0.05, 0.1) is 11.6 Å². The number of nitriles is 1. The van der Waals surface area contributed by atoms with Gasteiger partial charge in [-0.2, -0.15) is 5.26 Å². The predicted molar refractivity (Wildman–Crippen MR) is 88.9 cm³/mol. The molecule has 0 bridgehead atoms. The molecule has 1 heterocycles. The van der Waals surface area contributed by atoms with Crippen molar-refractivity contribution in [3.05, 3.63) is 70.3 Å². The molecular weight excluding hydrogens is 286 g/mol. The summed E-state index contributed by atoms with van der Waals surface area (Å²) in [5, 5.41) is 8.83. The molecule has 0 atom stereocenters. The van der Waals surface area contributed by atoms with Crippen molar-refractivity contribution < 1.29 is 4.79 Å². The Morgan fingerprint density at radius 1 is 1.26 bits per heavy atom. The summed E-state index contributed by atoms with van der Waals surface area (Å²) in [5.74, 6) is 0.436. The van der Waals surface area contributed by atoms with Gasteiger partial charge in [0.2, 0.25) is 0 Å². The molecule has 3 rings (SSSR count). The van der Waals surface area contributed by atoms with E-state index < -0.39 is 0 Å². The van der Waals surface area contributed by atoms with Gasteiger partial charge in [0.15, 0.2) is 0 Å². The van der Waals surface area contributed by atoms with Gasteiger partial charge in [-0.1, -0.05) is 24.3 Å². The smallest absolute Gasteiger partial charge is 0.254 e. The Bertz CT molecular complexity index is 768. The standard InChI is InChI=1S/C19H19N3O/c1-13-8-15(10-21)4-7-18(13)19(23)22-11-17(12-22)16-5-2-14(9-20)3-6-16/h2-8,17H,10-12,21H2,1H3. The Morgan fingerprint density at radius 3 is 2.52 bits per heavy atom. The summed E-state index contributed by atoms with van der Waals surface area (Å²) in [5.41, 5.74) is 10.2. The lowest BCUT2D eigenvalue weighted by Crippen LogP contribution is -2.48. The zero-order valence-corrected chi connectivity index (χ0v) is 13.1. The van der Waals surface area contributed by atoms with Crippen LogP contribution in [0.2, 0.25) is 0 Å². The zero-order chi connectivity index (χ0) is 16.4. The molecule has 0 radical (unpaired) electrons. The monoisotopic (exact) mass is 305 g/mol. The molecule has 0 spiro atoms. The molecule has 1 aliphatic heterocycles. The molecule has 4 nitrogen and oxygen atoms in total. The van der Waals surface area contributed by atoms with E-state index in [0.717, 1.165) is 29.8 Å². The minimum Gasteiger partial charge on any atom is -0.337 e. The third kappa shape index (κ3) is 2.96. The number of aryl methyl sites for hydroxylation is 1. The first kappa shape index (κ1) is 15.3. The Labute approximate surface area is 136 Å². The van der Waals surface area contributed by atoms with E-state index in [1.165, 1.54) is 5.56 Å². The van der Waals surface area contributed by atoms with Crippen molar-refractivity contribution in [1.29, 1.82) is 5.26 Å². The maximum Gasteiger partial charge on any atom is 0.254 e. The molecule has 2 aromatic rings. The second-order valence-corrected chi connectivity index (χ2v) is 5.99. The van der Waals surface area contributed by atoms with E-state index in [2.05, 4.69) is 6.07 Å². The molecule has 2 aromatic carbocycles. The largest absolute Gasteiger partial charge is 0.337 e. The highest BCUT2D eigenvalue weighted by atomic mass is 16.2. The fourth-order valence-corrected chi connectivity index (χ4v) is 2.95. The quantitative estimate of drug-likeness (QED) is 0.947. The summed E-state index contributed by atoms with van der Waals surface area (Å²) in [4.78, 5) is 14.4. The average molecular weight is 305 g/mol. The third-order valence-electron chi connectivity index (χ3n) is 4.44. The molecule has 0 unspecified atom stereocenters. The lowest BCUT2D eigenvalue weighted by atomic mass is 9.90. The van der Waals surface area contributed by atoms with Crippen LogP contribution in [0.3, 0.4) is 0 Å². The third-order valence-corrected chi connectivity index (χ3v) is 4.44. The van der Waals surface area contributed by atoms with Crippen molar-refractivity contribution in [2.24, 2.45) is 5.73 Å². The summed E-state index contributed by atoms with van der Waals surface area (Å²) in [6.07, 6.45) is 0. The highest BCUT2D eigenvalue weighted by molar-refractivity contribution is 5.96. The van der Waals surface area contributed by atoms with Gasteiger partial charge >= 0.3 is 0 Å². The molecule has 1 fully saturated rings. The predicted octanol–water partition coefficient (Wildman–Crippen LogP) is 2.57. The second kappa shape index (κ2) is 6.23. The van der Waals surface area contributed by atoms with Crippen LogP contribution in [0.25, 0.3) is 0 Å². The topological polar surface area (TPSA) is 70.1 Å². The first-order valence-corrected chi connectivity index (χ1v) is 7.71. The minimum atomic E-state index is 0.0796. The van der Waals surface area contributed by atoms with Crippen molar-refractivity contribution in [3.63, 3.8) is 0 Å². The van der Waals surface area contributed by atoms with E-state index in [1.807, 2.05) is 54.3 Å². The van der Waals surface area contributed by atoms with Crippen LogP contribution in [0.1, 0.15) is 38.5 Å². The van der Waals surface area contributed by atoms with Gasteiger partial charge in [-0.3, -0.25) is 4.79 Å². The van der Waals surface area contributed by atoms with Crippen LogP contribution >= 0.6 is 0 Å². The van der Waals surface area contributed by atoms with Crippen LogP contribution in [-0.4, -0.2) is 23.9 Å². The van der Waals surface area contributed by atoms with Gasteiger partial charge < -0.3 is 10.6 Å². The van der Waals surface area contributed by atoms with Crippen LogP contribution in [-0.2, 0) is 6.54 Å². The van der Waals surface area contributed by atoms with E-state index >= 15 is 0 Å². The van der Waals surface area contributed by atoms with Crippen LogP contribution in [0, 0.1) is 18.3 Å². The van der Waals surface area contributed by atoms with Gasteiger partial charge in [0.25, 0.3) is 5.91 Å². The Kier molecular flexibility index (Phi) is 4.14. The number of rotatable bonds is 3. The second-order valence-electron chi connectivity index (χ2n) is 5.99. The Morgan fingerprint density at radius 2 is 1.96 bits per heavy atom. The summed E-state index contributed by atoms with van der Waals surface area (Å²) >= 11 is 0. The van der Waals surface area contributed by atoms with Crippen molar-refractivity contribution in [2.75, 3.05) is 13.1 Å². The van der Waals surface area contributed by atoms with E-state index in [0.29, 0.717) is 18.0 Å². The number of likely N-dealkylation sites (tertiary alicyclic amines) is 1. The molecule has 23 heavy (non-hydrogen) atoms. The number of hydrogen-bond acceptors (Lipinski definition) is 3. The lowest BCUT2D eigenvalue weighted by molar-refractivity contribution is 0.0601. The van der Waals surface area contributed by atoms with Crippen molar-refractivity contribution in [1.82, 2.24) is 4.90 Å². The maximum absolute atomic E-state index is 12.6. The molecule has 1 aliphatic rings. The molecular formula is C19H19N3O. The normalized spacial score (nSPS) is 14.2. The lowest BCUT2D eigenvalue weighted by Gasteiger charge is -2.40. The number of carbonyl (C=O) groups excluding carboxylic acids is 1. The van der Waals surface area contributed by atoms with Gasteiger partial charge in [-0.15, -0.1) is 0 Å². The molecule has 0 aliphatic carbocycles. The van der Waals surface area contributed by atoms with Crippen molar-refractivity contribution in [2.45, 2.75) is 19.4 Å². The molecule has 2 N–H and O–H groups in total. The Balaban J connectivity index is 1.66. The number of benzene rings is 2. The fraction of sp³-hybridized carbons (Fsp3) is 0.263. The van der Waals surface area contributed by atoms with E-state index in [-0.39, 0.29) is 5.91 Å². The number of carbonyl (C=O) groups is 1. The number of nitrogens with two attached hydrogens (primary N) is 1. The molecule has 1 saturated heterocycles. The van der Waals surface area contributed by atoms with Gasteiger partial charge in [-0.25, -0.2) is 0 Å². The highest BCUT2D eigenvalue weighted by Crippen LogP contribution is 2.29. The summed E-state index contributed by atoms with van der Waals surface area (Å²) in [6, 6.07) is 15.5. The van der Waals surface area contributed by atoms with Crippen molar-refractivity contribution >= 4 is 5.91 Å². The Hall–Kier alpha value is -2.64. The minimum absolute atomic E-state index is 0.0796. The van der Waals surface area contributed by atoms with Gasteiger partial charge in [0, 0.05) is 31.1 Å². The molecule has 4 heteroatoms. The van der Waals surface area contributed by atoms with Gasteiger partial charge in [-0.05, 0) is 41.8 Å². The molecule has 0 saturated carbocycles. The molecule has 0 aromatic heterocycles. The molecule has 116 valence electrons. The number of hydrogen-bond donors (Lipinski definition) is 1. The van der Waals surface area contributed by atoms with Crippen LogP contribution in [0.4, 0.5) is 0 Å². The van der Waals surface area contributed by atoms with E-state index in [4.69, 9.17) is 11.0 Å². The van der Waals surface area contributed by atoms with Crippen LogP contribution in [0.15, 0.2) is 42.5 Å². The van der Waals surface area contributed by atoms with E-state index in [1.54, 1.807) is 0 Å². The average Bonchev–Trinajstić information content (AvgIpc) is 2.53. The van der Waals surface area contributed by atoms with Crippen LogP contribution in [0.5, 0.6) is 0 Å². The number of amides is 1. The van der Waals surface area contributed by atoms with Crippen LogP contribution < -0.4 is 5.73 Å². The van der Waals surface area contributed by atoms with E-state index in [9.17, 15) is 4.79 Å². The van der Waals surface area contributed by atoms with Gasteiger partial charge in [0.1, 0.15) is 0 Å². The fourth-order valence-electron chi connectivity index (χ4n) is 2.95. The summed E-state index contributed by atoms with van der Waals surface area (Å²) in [6.45, 7) is 3.88.